The van der Waals surface area contributed by atoms with Crippen LogP contribution >= 0.6 is 82.8 Å². The molecule has 0 aliphatic rings. The Morgan fingerprint density at radius 1 is 1.00 bits per heavy atom. The molecule has 0 aromatic carbocycles. The van der Waals surface area contributed by atoms with E-state index >= 15 is 0 Å². The van der Waals surface area contributed by atoms with Crippen molar-refractivity contribution in [2.45, 2.75) is 0 Å². The molecule has 0 unspecified atom stereocenters. The molecule has 0 spiro atoms. The second kappa shape index (κ2) is 9.57. The Hall–Kier alpha value is 3.57. The van der Waals surface area contributed by atoms with E-state index in [1.54, 1.807) is 0 Å². The maximum absolute atomic E-state index is 2.69. The predicted molar refractivity (Wildman–Crippen MR) is 84.5 cm³/mol. The van der Waals surface area contributed by atoms with E-state index in [1.807, 2.05) is 0 Å². The van der Waals surface area contributed by atoms with Gasteiger partial charge in [0.25, 0.3) is 0 Å². The first-order valence-corrected chi connectivity index (χ1v) is 34.0. The Morgan fingerprint density at radius 2 is 1.43 bits per heavy atom. The van der Waals surface area contributed by atoms with Crippen LogP contribution in [0.15, 0.2) is 0 Å². The second-order valence-electron chi connectivity index (χ2n) is 0.744. The number of halogens is 4. The van der Waals surface area contributed by atoms with E-state index in [0.29, 0.717) is 9.03 Å². The standard InChI is InChI=1S/H8I4Si3/c1-5-3-7-4-6-2/h3-4H,5-7H2. The molecule has 0 nitrogen and oxygen atoms in total. The van der Waals surface area contributed by atoms with E-state index in [1.165, 1.54) is 0 Å². The maximum atomic E-state index is 2.69. The van der Waals surface area contributed by atoms with Crippen LogP contribution in [0.3, 0.4) is 0 Å². The molecule has 0 bridgehead atoms. The van der Waals surface area contributed by atoms with E-state index in [-0.39, 0.29) is 0 Å². The summed E-state index contributed by atoms with van der Waals surface area (Å²) >= 11 is 7.04. The summed E-state index contributed by atoms with van der Waals surface area (Å²) in [7, 11) is 0. The zero-order valence-electron chi connectivity index (χ0n) is 3.69. The molecule has 0 rings (SSSR count). The van der Waals surface area contributed by atoms with Crippen molar-refractivity contribution >= 4 is 96.4 Å². The van der Waals surface area contributed by atoms with Gasteiger partial charge in [-0.1, -0.05) is 0 Å². The van der Waals surface area contributed by atoms with Gasteiger partial charge in [-0.05, 0) is 0 Å². The van der Waals surface area contributed by atoms with Crippen LogP contribution in [0.2, 0.25) is 0 Å². The molecule has 0 aliphatic carbocycles. The first kappa shape index (κ1) is 10.6. The van der Waals surface area contributed by atoms with Crippen LogP contribution in [0.5, 0.6) is 0 Å². The molecule has 0 fully saturated rings. The van der Waals surface area contributed by atoms with Gasteiger partial charge in [-0.2, -0.15) is 0 Å². The van der Waals surface area contributed by atoms with Crippen molar-refractivity contribution in [2.75, 3.05) is 0 Å². The molecule has 0 aliphatic heterocycles. The fraction of sp³-hybridized carbons (Fsp3) is 0. The van der Waals surface area contributed by atoms with Crippen LogP contribution in [0.4, 0.5) is 0 Å². The van der Waals surface area contributed by atoms with E-state index in [2.05, 4.69) is 43.6 Å². The normalized spacial score (nSPS) is 15.7. The molecule has 0 radical (unpaired) electrons. The first-order valence-electron chi connectivity index (χ1n) is 1.69. The summed E-state index contributed by atoms with van der Waals surface area (Å²) in [6.45, 7) is 0. The minimum atomic E-state index is 0.607. The van der Waals surface area contributed by atoms with Gasteiger partial charge >= 0.3 is 96.4 Å². The van der Waals surface area contributed by atoms with Crippen LogP contribution in [0, 0.1) is 0 Å². The zero-order valence-corrected chi connectivity index (χ0v) is 16.9. The summed E-state index contributed by atoms with van der Waals surface area (Å²) < 4.78 is 1.99. The molecule has 0 saturated carbocycles. The fourth-order valence-electron chi connectivity index (χ4n) is 0.122. The van der Waals surface area contributed by atoms with E-state index in [0.717, 1.165) is 43.7 Å². The van der Waals surface area contributed by atoms with Crippen molar-refractivity contribution in [1.82, 2.24) is 0 Å². The van der Waals surface area contributed by atoms with Crippen molar-refractivity contribution in [2.24, 2.45) is 0 Å². The Morgan fingerprint density at radius 3 is 1.71 bits per heavy atom. The number of hydrogen-bond acceptors (Lipinski definition) is 0. The van der Waals surface area contributed by atoms with Gasteiger partial charge in [-0.15, -0.1) is 0 Å². The summed E-state index contributed by atoms with van der Waals surface area (Å²) in [4.78, 5) is 0. The third-order valence-corrected chi connectivity index (χ3v) is 130. The van der Waals surface area contributed by atoms with Crippen LogP contribution in [0.1, 0.15) is 0 Å². The van der Waals surface area contributed by atoms with Gasteiger partial charge in [0.1, 0.15) is 0 Å². The Bertz CT molecular complexity index is 26.1. The molecule has 7 heteroatoms. The average Bonchev–Trinajstić information content (AvgIpc) is 1.69. The topological polar surface area (TPSA) is 0 Å². The summed E-state index contributed by atoms with van der Waals surface area (Å²) in [6.07, 6.45) is 0. The van der Waals surface area contributed by atoms with Gasteiger partial charge in [0.2, 0.25) is 0 Å². The van der Waals surface area contributed by atoms with Gasteiger partial charge < -0.3 is 0 Å². The SMILES string of the molecule is I[SiH2][IH][SiH2][IH][SiH2]I. The predicted octanol–water partition coefficient (Wildman–Crippen LogP) is 0.259. The summed E-state index contributed by atoms with van der Waals surface area (Å²) in [6, 6.07) is 0. The Balaban J connectivity index is 2.45. The van der Waals surface area contributed by atoms with Crippen molar-refractivity contribution in [3.05, 3.63) is 0 Å². The molecular weight excluding hydrogens is 592 g/mol. The van der Waals surface area contributed by atoms with Crippen molar-refractivity contribution < 1.29 is 0 Å². The van der Waals surface area contributed by atoms with E-state index in [9.17, 15) is 0 Å². The van der Waals surface area contributed by atoms with Gasteiger partial charge in [-0.25, -0.2) is 0 Å². The van der Waals surface area contributed by atoms with Crippen molar-refractivity contribution in [1.29, 1.82) is 0 Å². The van der Waals surface area contributed by atoms with E-state index in [4.69, 9.17) is 0 Å². The van der Waals surface area contributed by atoms with Gasteiger partial charge in [0.05, 0.1) is 0 Å². The van der Waals surface area contributed by atoms with Gasteiger partial charge in [0.15, 0.2) is 0 Å². The molecule has 0 amide bonds. The molecule has 0 aromatic rings. The first-order chi connectivity index (χ1) is 3.41. The molecular formula is H8I4Si3. The van der Waals surface area contributed by atoms with Gasteiger partial charge in [-0.3, -0.25) is 0 Å². The minimum absolute atomic E-state index is 0.607. The quantitative estimate of drug-likeness (QED) is 0.188. The van der Waals surface area contributed by atoms with Gasteiger partial charge in [0, 0.05) is 0 Å². The molecule has 0 aromatic heterocycles. The molecule has 0 heterocycles. The monoisotopic (exact) mass is 600 g/mol. The van der Waals surface area contributed by atoms with Crippen LogP contribution in [-0.2, 0) is 0 Å². The van der Waals surface area contributed by atoms with Crippen molar-refractivity contribution in [3.63, 3.8) is 0 Å². The van der Waals surface area contributed by atoms with Crippen LogP contribution < -0.4 is 0 Å². The van der Waals surface area contributed by atoms with E-state index < -0.39 is 0 Å². The molecule has 0 N–H and O–H groups in total. The number of rotatable bonds is 4. The summed E-state index contributed by atoms with van der Waals surface area (Å²) in [5, 5.41) is 0. The third-order valence-electron chi connectivity index (χ3n) is 0.321. The summed E-state index contributed by atoms with van der Waals surface area (Å²) in [5.74, 6) is 0. The Kier molecular flexibility index (Phi) is 14.5. The third kappa shape index (κ3) is 9.57. The molecule has 0 atom stereocenters. The van der Waals surface area contributed by atoms with Crippen LogP contribution in [0.25, 0.3) is 0 Å². The fourth-order valence-corrected chi connectivity index (χ4v) is 243. The average molecular weight is 600 g/mol. The molecule has 48 valence electrons. The van der Waals surface area contributed by atoms with Crippen LogP contribution in [-0.4, -0.2) is 13.5 Å². The van der Waals surface area contributed by atoms with Crippen molar-refractivity contribution in [3.8, 4) is 0 Å². The summed E-state index contributed by atoms with van der Waals surface area (Å²) in [5.41, 5.74) is 0. The number of hydrogen-bond donors (Lipinski definition) is 0. The molecule has 0 saturated heterocycles. The zero-order chi connectivity index (χ0) is 5.54. The Labute approximate surface area is 93.8 Å². The second-order valence-corrected chi connectivity index (χ2v) is 70.0. The molecule has 7 heavy (non-hydrogen) atoms.